The highest BCUT2D eigenvalue weighted by Crippen LogP contribution is 2.26. The van der Waals surface area contributed by atoms with Crippen LogP contribution >= 0.6 is 0 Å². The van der Waals surface area contributed by atoms with Crippen molar-refractivity contribution in [1.29, 1.82) is 0 Å². The third-order valence-corrected chi connectivity index (χ3v) is 3.61. The lowest BCUT2D eigenvalue weighted by molar-refractivity contribution is 0.0276. The van der Waals surface area contributed by atoms with Gasteiger partial charge in [-0.1, -0.05) is 31.8 Å². The Labute approximate surface area is 121 Å². The van der Waals surface area contributed by atoms with Crippen LogP contribution in [0.3, 0.4) is 0 Å². The summed E-state index contributed by atoms with van der Waals surface area (Å²) in [6.07, 6.45) is 8.60. The highest BCUT2D eigenvalue weighted by Gasteiger charge is 2.28. The van der Waals surface area contributed by atoms with Crippen molar-refractivity contribution in [3.63, 3.8) is 0 Å². The second kappa shape index (κ2) is 9.77. The van der Waals surface area contributed by atoms with Crippen LogP contribution < -0.4 is 10.6 Å². The second-order valence-corrected chi connectivity index (χ2v) is 5.44. The summed E-state index contributed by atoms with van der Waals surface area (Å²) in [5.74, 6) is 0. The SMILES string of the molecule is C=CCCOCCNC(=O)NCC1(O)CCCCCC1. The van der Waals surface area contributed by atoms with Crippen LogP contribution in [-0.2, 0) is 4.74 Å². The van der Waals surface area contributed by atoms with Crippen molar-refractivity contribution < 1.29 is 14.6 Å². The summed E-state index contributed by atoms with van der Waals surface area (Å²) in [6.45, 7) is 5.53. The lowest BCUT2D eigenvalue weighted by Gasteiger charge is -2.26. The molecule has 5 heteroatoms. The lowest BCUT2D eigenvalue weighted by Crippen LogP contribution is -2.46. The van der Waals surface area contributed by atoms with E-state index in [-0.39, 0.29) is 6.03 Å². The van der Waals surface area contributed by atoms with Crippen molar-refractivity contribution in [3.05, 3.63) is 12.7 Å². The minimum Gasteiger partial charge on any atom is -0.388 e. The summed E-state index contributed by atoms with van der Waals surface area (Å²) in [5.41, 5.74) is -0.728. The quantitative estimate of drug-likeness (QED) is 0.362. The van der Waals surface area contributed by atoms with Crippen molar-refractivity contribution >= 4 is 6.03 Å². The van der Waals surface area contributed by atoms with Crippen molar-refractivity contribution in [2.75, 3.05) is 26.3 Å². The first kappa shape index (κ1) is 17.0. The smallest absolute Gasteiger partial charge is 0.314 e. The summed E-state index contributed by atoms with van der Waals surface area (Å²) in [6, 6.07) is -0.241. The van der Waals surface area contributed by atoms with E-state index >= 15 is 0 Å². The molecule has 0 unspecified atom stereocenters. The molecule has 0 heterocycles. The molecular formula is C15H28N2O3. The van der Waals surface area contributed by atoms with Gasteiger partial charge in [-0.3, -0.25) is 0 Å². The number of nitrogens with one attached hydrogen (secondary N) is 2. The van der Waals surface area contributed by atoms with Crippen LogP contribution in [-0.4, -0.2) is 43.0 Å². The molecule has 0 bridgehead atoms. The van der Waals surface area contributed by atoms with Gasteiger partial charge in [0, 0.05) is 13.1 Å². The molecule has 0 radical (unpaired) electrons. The van der Waals surface area contributed by atoms with Crippen LogP contribution in [0.2, 0.25) is 0 Å². The zero-order valence-electron chi connectivity index (χ0n) is 12.3. The number of aliphatic hydroxyl groups is 1. The third-order valence-electron chi connectivity index (χ3n) is 3.61. The number of rotatable bonds is 8. The predicted octanol–water partition coefficient (Wildman–Crippen LogP) is 1.96. The molecule has 116 valence electrons. The summed E-state index contributed by atoms with van der Waals surface area (Å²) in [4.78, 5) is 11.6. The molecule has 0 aromatic heterocycles. The van der Waals surface area contributed by atoms with Crippen LogP contribution in [0.5, 0.6) is 0 Å². The Balaban J connectivity index is 2.08. The molecule has 0 aromatic rings. The summed E-state index contributed by atoms with van der Waals surface area (Å²) < 4.78 is 5.29. The Morgan fingerprint density at radius 3 is 2.55 bits per heavy atom. The van der Waals surface area contributed by atoms with Crippen LogP contribution in [0.4, 0.5) is 4.79 Å². The fourth-order valence-corrected chi connectivity index (χ4v) is 2.38. The Morgan fingerprint density at radius 2 is 1.90 bits per heavy atom. The maximum absolute atomic E-state index is 11.6. The van der Waals surface area contributed by atoms with Gasteiger partial charge in [0.15, 0.2) is 0 Å². The molecule has 20 heavy (non-hydrogen) atoms. The van der Waals surface area contributed by atoms with Gasteiger partial charge in [-0.2, -0.15) is 0 Å². The summed E-state index contributed by atoms with van der Waals surface area (Å²) >= 11 is 0. The van der Waals surface area contributed by atoms with Crippen molar-refractivity contribution in [2.45, 2.75) is 50.5 Å². The predicted molar refractivity (Wildman–Crippen MR) is 79.7 cm³/mol. The van der Waals surface area contributed by atoms with E-state index in [9.17, 15) is 9.90 Å². The number of carbonyl (C=O) groups is 1. The van der Waals surface area contributed by atoms with Gasteiger partial charge < -0.3 is 20.5 Å². The standard InChI is InChI=1S/C15H28N2O3/c1-2-3-11-20-12-10-16-14(18)17-13-15(19)8-6-4-5-7-9-15/h2,19H,1,3-13H2,(H2,16,17,18). The molecule has 0 atom stereocenters. The first-order valence-electron chi connectivity index (χ1n) is 7.59. The molecule has 0 saturated heterocycles. The highest BCUT2D eigenvalue weighted by molar-refractivity contribution is 5.73. The van der Waals surface area contributed by atoms with Crippen molar-refractivity contribution in [3.8, 4) is 0 Å². The highest BCUT2D eigenvalue weighted by atomic mass is 16.5. The first-order chi connectivity index (χ1) is 9.66. The molecule has 1 saturated carbocycles. The number of urea groups is 1. The minimum atomic E-state index is -0.728. The monoisotopic (exact) mass is 284 g/mol. The van der Waals surface area contributed by atoms with Gasteiger partial charge in [0.05, 0.1) is 18.8 Å². The molecular weight excluding hydrogens is 256 g/mol. The molecule has 2 amide bonds. The molecule has 0 spiro atoms. The Kier molecular flexibility index (Phi) is 8.30. The summed E-state index contributed by atoms with van der Waals surface area (Å²) in [5, 5.41) is 15.9. The largest absolute Gasteiger partial charge is 0.388 e. The van der Waals surface area contributed by atoms with E-state index in [0.717, 1.165) is 32.1 Å². The number of carbonyl (C=O) groups excluding carboxylic acids is 1. The minimum absolute atomic E-state index is 0.241. The molecule has 0 aromatic carbocycles. The van der Waals surface area contributed by atoms with Gasteiger partial charge in [0.1, 0.15) is 0 Å². The number of hydrogen-bond acceptors (Lipinski definition) is 3. The number of amides is 2. The van der Waals surface area contributed by atoms with E-state index in [4.69, 9.17) is 4.74 Å². The molecule has 1 aliphatic carbocycles. The third kappa shape index (κ3) is 7.50. The normalized spacial score (nSPS) is 18.1. The van der Waals surface area contributed by atoms with Gasteiger partial charge in [0.2, 0.25) is 0 Å². The number of hydrogen-bond donors (Lipinski definition) is 3. The fraction of sp³-hybridized carbons (Fsp3) is 0.800. The zero-order chi connectivity index (χ0) is 14.7. The van der Waals surface area contributed by atoms with E-state index in [2.05, 4.69) is 17.2 Å². The van der Waals surface area contributed by atoms with Gasteiger partial charge in [0.25, 0.3) is 0 Å². The zero-order valence-corrected chi connectivity index (χ0v) is 12.3. The molecule has 5 nitrogen and oxygen atoms in total. The van der Waals surface area contributed by atoms with E-state index in [1.807, 2.05) is 0 Å². The van der Waals surface area contributed by atoms with E-state index in [1.54, 1.807) is 6.08 Å². The summed E-state index contributed by atoms with van der Waals surface area (Å²) in [7, 11) is 0. The van der Waals surface area contributed by atoms with E-state index < -0.39 is 5.60 Å². The van der Waals surface area contributed by atoms with Crippen molar-refractivity contribution in [1.82, 2.24) is 10.6 Å². The second-order valence-electron chi connectivity index (χ2n) is 5.44. The van der Waals surface area contributed by atoms with E-state index in [0.29, 0.717) is 26.3 Å². The van der Waals surface area contributed by atoms with Crippen LogP contribution in [0, 0.1) is 0 Å². The first-order valence-corrected chi connectivity index (χ1v) is 7.59. The van der Waals surface area contributed by atoms with Gasteiger partial charge in [-0.15, -0.1) is 6.58 Å². The Bertz CT molecular complexity index is 287. The maximum Gasteiger partial charge on any atom is 0.314 e. The van der Waals surface area contributed by atoms with E-state index in [1.165, 1.54) is 12.8 Å². The topological polar surface area (TPSA) is 70.6 Å². The number of ether oxygens (including phenoxy) is 1. The fourth-order valence-electron chi connectivity index (χ4n) is 2.38. The van der Waals surface area contributed by atoms with Gasteiger partial charge in [-0.25, -0.2) is 4.79 Å². The molecule has 1 fully saturated rings. The Morgan fingerprint density at radius 1 is 1.20 bits per heavy atom. The average Bonchev–Trinajstić information content (AvgIpc) is 2.66. The van der Waals surface area contributed by atoms with Gasteiger partial charge >= 0.3 is 6.03 Å². The van der Waals surface area contributed by atoms with Crippen LogP contribution in [0.25, 0.3) is 0 Å². The molecule has 3 N–H and O–H groups in total. The van der Waals surface area contributed by atoms with Crippen LogP contribution in [0.15, 0.2) is 12.7 Å². The Hall–Kier alpha value is -1.07. The molecule has 0 aliphatic heterocycles. The maximum atomic E-state index is 11.6. The molecule has 1 aliphatic rings. The van der Waals surface area contributed by atoms with Gasteiger partial charge in [-0.05, 0) is 19.3 Å². The van der Waals surface area contributed by atoms with Crippen molar-refractivity contribution in [2.24, 2.45) is 0 Å². The lowest BCUT2D eigenvalue weighted by atomic mass is 9.95. The van der Waals surface area contributed by atoms with Crippen LogP contribution in [0.1, 0.15) is 44.9 Å². The molecule has 1 rings (SSSR count). The average molecular weight is 284 g/mol.